The number of rotatable bonds is 2. The van der Waals surface area contributed by atoms with E-state index >= 15 is 0 Å². The van der Waals surface area contributed by atoms with Crippen LogP contribution in [-0.2, 0) is 11.8 Å². The Morgan fingerprint density at radius 2 is 2.00 bits per heavy atom. The summed E-state index contributed by atoms with van der Waals surface area (Å²) >= 11 is 0. The van der Waals surface area contributed by atoms with E-state index in [9.17, 15) is 4.79 Å². The number of anilines is 1. The van der Waals surface area contributed by atoms with E-state index in [1.54, 1.807) is 11.6 Å². The fourth-order valence-electron chi connectivity index (χ4n) is 3.33. The Morgan fingerprint density at radius 3 is 2.68 bits per heavy atom. The monoisotopic (exact) mass is 335 g/mol. The van der Waals surface area contributed by atoms with E-state index in [1.165, 1.54) is 11.1 Å². The average Bonchev–Trinajstić information content (AvgIpc) is 3.22. The summed E-state index contributed by atoms with van der Waals surface area (Å²) in [4.78, 5) is 18.2. The molecular weight excluding hydrogens is 314 g/mol. The van der Waals surface area contributed by atoms with Crippen molar-refractivity contribution in [2.45, 2.75) is 13.3 Å². The molecule has 3 heterocycles. The maximum Gasteiger partial charge on any atom is 0.219 e. The van der Waals surface area contributed by atoms with Gasteiger partial charge < -0.3 is 10.2 Å². The Labute approximate surface area is 146 Å². The van der Waals surface area contributed by atoms with Crippen molar-refractivity contribution in [3.63, 3.8) is 0 Å². The van der Waals surface area contributed by atoms with Crippen LogP contribution in [0.1, 0.15) is 13.3 Å². The highest BCUT2D eigenvalue weighted by Gasteiger charge is 2.27. The van der Waals surface area contributed by atoms with Crippen molar-refractivity contribution in [1.82, 2.24) is 14.7 Å². The van der Waals surface area contributed by atoms with Crippen LogP contribution >= 0.6 is 0 Å². The van der Waals surface area contributed by atoms with Gasteiger partial charge in [0.2, 0.25) is 5.91 Å². The van der Waals surface area contributed by atoms with Gasteiger partial charge in [0, 0.05) is 50.1 Å². The number of aryl methyl sites for hydroxylation is 1. The molecule has 6 nitrogen and oxygen atoms in total. The third-order valence-electron chi connectivity index (χ3n) is 4.80. The zero-order valence-corrected chi connectivity index (χ0v) is 14.5. The first-order valence-electron chi connectivity index (χ1n) is 8.47. The van der Waals surface area contributed by atoms with Crippen molar-refractivity contribution in [3.8, 4) is 11.1 Å². The number of amides is 1. The Balaban J connectivity index is 1.49. The zero-order valence-electron chi connectivity index (χ0n) is 14.5. The molecule has 1 aromatic heterocycles. The van der Waals surface area contributed by atoms with Gasteiger partial charge >= 0.3 is 0 Å². The molecule has 0 atom stereocenters. The van der Waals surface area contributed by atoms with E-state index in [4.69, 9.17) is 0 Å². The van der Waals surface area contributed by atoms with Gasteiger partial charge in [0.15, 0.2) is 0 Å². The minimum absolute atomic E-state index is 0.124. The molecule has 0 saturated heterocycles. The normalized spacial score (nSPS) is 16.7. The van der Waals surface area contributed by atoms with Crippen molar-refractivity contribution in [2.24, 2.45) is 12.0 Å². The molecule has 0 bridgehead atoms. The summed E-state index contributed by atoms with van der Waals surface area (Å²) < 4.78 is 1.80. The first-order valence-corrected chi connectivity index (χ1v) is 8.47. The molecule has 2 aliphatic rings. The third kappa shape index (κ3) is 3.07. The highest BCUT2D eigenvalue weighted by molar-refractivity contribution is 6.10. The summed E-state index contributed by atoms with van der Waals surface area (Å²) in [6, 6.07) is 8.25. The molecule has 1 aromatic carbocycles. The van der Waals surface area contributed by atoms with Crippen LogP contribution in [0, 0.1) is 0 Å². The molecule has 1 N–H and O–H groups in total. The zero-order chi connectivity index (χ0) is 17.4. The van der Waals surface area contributed by atoms with E-state index in [-0.39, 0.29) is 5.91 Å². The first-order chi connectivity index (χ1) is 12.1. The predicted molar refractivity (Wildman–Crippen MR) is 98.5 cm³/mol. The van der Waals surface area contributed by atoms with Crippen molar-refractivity contribution >= 4 is 17.4 Å². The number of aromatic nitrogens is 2. The van der Waals surface area contributed by atoms with Gasteiger partial charge in [-0.3, -0.25) is 14.5 Å². The molecule has 6 heteroatoms. The summed E-state index contributed by atoms with van der Waals surface area (Å²) in [5.74, 6) is 1.02. The molecule has 0 aliphatic carbocycles. The second kappa shape index (κ2) is 6.20. The topological polar surface area (TPSA) is 62.5 Å². The third-order valence-corrected chi connectivity index (χ3v) is 4.80. The van der Waals surface area contributed by atoms with Crippen LogP contribution in [0.25, 0.3) is 11.1 Å². The molecule has 0 saturated carbocycles. The van der Waals surface area contributed by atoms with Crippen LogP contribution in [-0.4, -0.2) is 46.1 Å². The standard InChI is InChI=1S/C19H21N5O/c1-13(25)24-8-7-15-9-20-19(18(15)12-24)22-17-5-3-14(4-6-17)16-10-21-23(2)11-16/h3-6,10-11H,7-9,12H2,1-2H3,(H,20,22). The number of amidine groups is 1. The van der Waals surface area contributed by atoms with Gasteiger partial charge in [-0.2, -0.15) is 5.10 Å². The molecule has 0 radical (unpaired) electrons. The van der Waals surface area contributed by atoms with Crippen LogP contribution in [0.4, 0.5) is 5.69 Å². The van der Waals surface area contributed by atoms with Gasteiger partial charge in [-0.05, 0) is 29.7 Å². The molecule has 2 aromatic rings. The number of hydrogen-bond acceptors (Lipinski definition) is 4. The molecule has 2 aliphatic heterocycles. The number of carbonyl (C=O) groups excluding carboxylic acids is 1. The van der Waals surface area contributed by atoms with Gasteiger partial charge in [-0.1, -0.05) is 12.1 Å². The fourth-order valence-corrected chi connectivity index (χ4v) is 3.33. The van der Waals surface area contributed by atoms with Gasteiger partial charge in [0.05, 0.1) is 12.7 Å². The Hall–Kier alpha value is -2.89. The molecule has 4 rings (SSSR count). The fraction of sp³-hybridized carbons (Fsp3) is 0.316. The number of carbonyl (C=O) groups is 1. The van der Waals surface area contributed by atoms with Crippen molar-refractivity contribution in [3.05, 3.63) is 47.8 Å². The lowest BCUT2D eigenvalue weighted by Crippen LogP contribution is -2.37. The molecule has 128 valence electrons. The van der Waals surface area contributed by atoms with Crippen molar-refractivity contribution in [2.75, 3.05) is 25.0 Å². The molecule has 0 spiro atoms. The second-order valence-corrected chi connectivity index (χ2v) is 6.54. The number of nitrogens with one attached hydrogen (secondary N) is 1. The average molecular weight is 335 g/mol. The molecule has 0 unspecified atom stereocenters. The summed E-state index contributed by atoms with van der Waals surface area (Å²) in [5, 5.41) is 7.63. The highest BCUT2D eigenvalue weighted by Crippen LogP contribution is 2.26. The summed E-state index contributed by atoms with van der Waals surface area (Å²) in [7, 11) is 1.91. The number of hydrogen-bond donors (Lipinski definition) is 1. The predicted octanol–water partition coefficient (Wildman–Crippen LogP) is 2.46. The summed E-state index contributed by atoms with van der Waals surface area (Å²) in [6.07, 6.45) is 4.78. The Morgan fingerprint density at radius 1 is 1.20 bits per heavy atom. The van der Waals surface area contributed by atoms with Crippen LogP contribution in [0.5, 0.6) is 0 Å². The van der Waals surface area contributed by atoms with Gasteiger partial charge in [0.25, 0.3) is 0 Å². The van der Waals surface area contributed by atoms with E-state index in [1.807, 2.05) is 24.3 Å². The van der Waals surface area contributed by atoms with Crippen molar-refractivity contribution < 1.29 is 4.79 Å². The number of benzene rings is 1. The summed E-state index contributed by atoms with van der Waals surface area (Å²) in [5.41, 5.74) is 5.76. The van der Waals surface area contributed by atoms with Crippen molar-refractivity contribution in [1.29, 1.82) is 0 Å². The van der Waals surface area contributed by atoms with Crippen LogP contribution in [0.3, 0.4) is 0 Å². The SMILES string of the molecule is CC(=O)N1CCC2=C(C1)C(Nc1ccc(-c3cnn(C)c3)cc1)=NC2. The maximum absolute atomic E-state index is 11.7. The lowest BCUT2D eigenvalue weighted by atomic mass is 10.0. The van der Waals surface area contributed by atoms with Crippen LogP contribution < -0.4 is 5.32 Å². The second-order valence-electron chi connectivity index (χ2n) is 6.54. The minimum Gasteiger partial charge on any atom is -0.340 e. The molecule has 25 heavy (non-hydrogen) atoms. The maximum atomic E-state index is 11.7. The quantitative estimate of drug-likeness (QED) is 0.917. The van der Waals surface area contributed by atoms with E-state index in [2.05, 4.69) is 39.7 Å². The summed E-state index contributed by atoms with van der Waals surface area (Å²) in [6.45, 7) is 3.83. The molecule has 0 fully saturated rings. The number of aliphatic imine (C=N–C) groups is 1. The molecule has 1 amide bonds. The van der Waals surface area contributed by atoms with Gasteiger partial charge in [0.1, 0.15) is 5.84 Å². The van der Waals surface area contributed by atoms with Crippen LogP contribution in [0.15, 0.2) is 52.8 Å². The number of nitrogens with zero attached hydrogens (tertiary/aromatic N) is 4. The highest BCUT2D eigenvalue weighted by atomic mass is 16.2. The van der Waals surface area contributed by atoms with E-state index < -0.39 is 0 Å². The smallest absolute Gasteiger partial charge is 0.219 e. The lowest BCUT2D eigenvalue weighted by Gasteiger charge is -2.28. The van der Waals surface area contributed by atoms with E-state index in [0.29, 0.717) is 6.54 Å². The minimum atomic E-state index is 0.124. The Kier molecular flexibility index (Phi) is 3.87. The lowest BCUT2D eigenvalue weighted by molar-refractivity contribution is -0.128. The Bertz CT molecular complexity index is 875. The molecular formula is C19H21N5O. The largest absolute Gasteiger partial charge is 0.340 e. The van der Waals surface area contributed by atoms with Crippen LogP contribution in [0.2, 0.25) is 0 Å². The van der Waals surface area contributed by atoms with E-state index in [0.717, 1.165) is 42.2 Å². The van der Waals surface area contributed by atoms with Gasteiger partial charge in [-0.15, -0.1) is 0 Å². The first kappa shape index (κ1) is 15.6. The van der Waals surface area contributed by atoms with Gasteiger partial charge in [-0.25, -0.2) is 0 Å².